The number of rotatable bonds is 3. The van der Waals surface area contributed by atoms with E-state index in [4.69, 9.17) is 0 Å². The first-order chi connectivity index (χ1) is 9.44. The Morgan fingerprint density at radius 2 is 2.10 bits per heavy atom. The lowest BCUT2D eigenvalue weighted by molar-refractivity contribution is -0.153. The van der Waals surface area contributed by atoms with Crippen molar-refractivity contribution in [3.63, 3.8) is 0 Å². The minimum absolute atomic E-state index is 0.0102. The van der Waals surface area contributed by atoms with Crippen LogP contribution < -0.4 is 5.32 Å². The lowest BCUT2D eigenvalue weighted by Crippen LogP contribution is -2.67. The Morgan fingerprint density at radius 1 is 1.35 bits per heavy atom. The van der Waals surface area contributed by atoms with Crippen LogP contribution in [0.3, 0.4) is 0 Å². The van der Waals surface area contributed by atoms with E-state index in [0.29, 0.717) is 12.3 Å². The zero-order valence-corrected chi connectivity index (χ0v) is 12.8. The van der Waals surface area contributed by atoms with Gasteiger partial charge in [0.1, 0.15) is 5.54 Å². The van der Waals surface area contributed by atoms with E-state index >= 15 is 0 Å². The van der Waals surface area contributed by atoms with Crippen LogP contribution in [0.15, 0.2) is 0 Å². The number of nitrogens with zero attached hydrogens (tertiary/aromatic N) is 1. The van der Waals surface area contributed by atoms with Crippen molar-refractivity contribution >= 4 is 11.8 Å². The lowest BCUT2D eigenvalue weighted by atomic mass is 9.82. The molecule has 1 aliphatic heterocycles. The van der Waals surface area contributed by atoms with E-state index in [1.165, 1.54) is 25.7 Å². The van der Waals surface area contributed by atoms with Gasteiger partial charge in [-0.3, -0.25) is 9.59 Å². The van der Waals surface area contributed by atoms with Crippen molar-refractivity contribution < 1.29 is 9.59 Å². The summed E-state index contributed by atoms with van der Waals surface area (Å²) >= 11 is 0. The number of hydrogen-bond acceptors (Lipinski definition) is 2. The number of amides is 2. The van der Waals surface area contributed by atoms with Crippen LogP contribution in [0.25, 0.3) is 0 Å². The molecule has 0 aromatic carbocycles. The van der Waals surface area contributed by atoms with Crippen LogP contribution in [0.1, 0.15) is 52.9 Å². The number of carbonyl (C=O) groups excluding carboxylic acids is 2. The zero-order valence-electron chi connectivity index (χ0n) is 12.8. The summed E-state index contributed by atoms with van der Waals surface area (Å²) < 4.78 is 0. The monoisotopic (exact) mass is 278 g/mol. The maximum atomic E-state index is 12.7. The first-order valence-corrected chi connectivity index (χ1v) is 8.06. The highest BCUT2D eigenvalue weighted by Crippen LogP contribution is 2.50. The first kappa shape index (κ1) is 13.9. The molecule has 0 spiro atoms. The van der Waals surface area contributed by atoms with Gasteiger partial charge in [-0.25, -0.2) is 0 Å². The molecule has 2 bridgehead atoms. The summed E-state index contributed by atoms with van der Waals surface area (Å²) in [6.07, 6.45) is 5.93. The number of fused-ring (bicyclic) bond motifs is 2. The summed E-state index contributed by atoms with van der Waals surface area (Å²) in [5.74, 6) is 2.35. The van der Waals surface area contributed by atoms with E-state index in [9.17, 15) is 9.59 Å². The fourth-order valence-corrected chi connectivity index (χ4v) is 4.63. The van der Waals surface area contributed by atoms with Crippen molar-refractivity contribution in [3.05, 3.63) is 0 Å². The maximum absolute atomic E-state index is 12.7. The average Bonchev–Trinajstić information content (AvgIpc) is 3.04. The summed E-state index contributed by atoms with van der Waals surface area (Å²) in [6.45, 7) is 6.21. The van der Waals surface area contributed by atoms with Crippen LogP contribution in [-0.4, -0.2) is 34.8 Å². The third-order valence-electron chi connectivity index (χ3n) is 6.07. The van der Waals surface area contributed by atoms with Crippen molar-refractivity contribution in [2.45, 2.75) is 64.5 Å². The summed E-state index contributed by atoms with van der Waals surface area (Å²) in [5, 5.41) is 2.87. The molecule has 4 nitrogen and oxygen atoms in total. The lowest BCUT2D eigenvalue weighted by Gasteiger charge is -2.45. The minimum Gasteiger partial charge on any atom is -0.340 e. The van der Waals surface area contributed by atoms with Gasteiger partial charge < -0.3 is 10.2 Å². The van der Waals surface area contributed by atoms with E-state index in [-0.39, 0.29) is 24.4 Å². The van der Waals surface area contributed by atoms with Crippen LogP contribution in [0, 0.1) is 17.8 Å². The van der Waals surface area contributed by atoms with Crippen molar-refractivity contribution in [2.24, 2.45) is 17.8 Å². The molecule has 0 aromatic rings. The molecular formula is C16H26N2O2. The molecule has 5 unspecified atom stereocenters. The van der Waals surface area contributed by atoms with Gasteiger partial charge >= 0.3 is 0 Å². The van der Waals surface area contributed by atoms with Crippen molar-refractivity contribution in [3.8, 4) is 0 Å². The zero-order chi connectivity index (χ0) is 14.5. The Hall–Kier alpha value is -1.06. The van der Waals surface area contributed by atoms with Crippen LogP contribution in [0.4, 0.5) is 0 Å². The summed E-state index contributed by atoms with van der Waals surface area (Å²) in [7, 11) is 0. The number of piperazine rings is 1. The van der Waals surface area contributed by atoms with Crippen molar-refractivity contribution in [1.82, 2.24) is 10.2 Å². The number of nitrogens with one attached hydrogen (secondary N) is 1. The second kappa shape index (κ2) is 4.74. The summed E-state index contributed by atoms with van der Waals surface area (Å²) in [5.41, 5.74) is -0.707. The molecule has 3 fully saturated rings. The highest BCUT2D eigenvalue weighted by Gasteiger charge is 2.48. The van der Waals surface area contributed by atoms with Gasteiger partial charge in [0.05, 0.1) is 6.54 Å². The Labute approximate surface area is 121 Å². The summed E-state index contributed by atoms with van der Waals surface area (Å²) in [4.78, 5) is 26.6. The van der Waals surface area contributed by atoms with Gasteiger partial charge in [-0.1, -0.05) is 13.3 Å². The number of hydrogen-bond donors (Lipinski definition) is 1. The van der Waals surface area contributed by atoms with Crippen LogP contribution in [-0.2, 0) is 9.59 Å². The van der Waals surface area contributed by atoms with Crippen molar-refractivity contribution in [2.75, 3.05) is 6.54 Å². The van der Waals surface area contributed by atoms with Gasteiger partial charge in [0.2, 0.25) is 11.8 Å². The summed E-state index contributed by atoms with van der Waals surface area (Å²) in [6, 6.07) is 0.203. The SMILES string of the molecule is CCC1(C)NC(=O)CN(C(C)C2CC3CCC2C3)C1=O. The average molecular weight is 278 g/mol. The predicted octanol–water partition coefficient (Wildman–Crippen LogP) is 1.94. The van der Waals surface area contributed by atoms with E-state index in [1.54, 1.807) is 0 Å². The highest BCUT2D eigenvalue weighted by atomic mass is 16.2. The number of carbonyl (C=O) groups is 2. The standard InChI is InChI=1S/C16H26N2O2/c1-4-16(3)15(20)18(9-14(19)17-16)10(2)13-8-11-5-6-12(13)7-11/h10-13H,4-9H2,1-3H3,(H,17,19). The minimum atomic E-state index is -0.707. The molecule has 2 aliphatic carbocycles. The molecule has 0 radical (unpaired) electrons. The van der Waals surface area contributed by atoms with E-state index in [1.807, 2.05) is 18.7 Å². The molecular weight excluding hydrogens is 252 g/mol. The maximum Gasteiger partial charge on any atom is 0.248 e. The molecule has 2 saturated carbocycles. The molecule has 0 aromatic heterocycles. The van der Waals surface area contributed by atoms with Crippen LogP contribution in [0.5, 0.6) is 0 Å². The molecule has 3 rings (SSSR count). The third kappa shape index (κ3) is 2.04. The fraction of sp³-hybridized carbons (Fsp3) is 0.875. The predicted molar refractivity (Wildman–Crippen MR) is 77.0 cm³/mol. The fourth-order valence-electron chi connectivity index (χ4n) is 4.63. The quantitative estimate of drug-likeness (QED) is 0.857. The topological polar surface area (TPSA) is 49.4 Å². The molecule has 2 amide bonds. The Balaban J connectivity index is 1.78. The van der Waals surface area contributed by atoms with Gasteiger partial charge in [-0.05, 0) is 57.3 Å². The van der Waals surface area contributed by atoms with Gasteiger partial charge in [0.25, 0.3) is 0 Å². The third-order valence-corrected chi connectivity index (χ3v) is 6.07. The Bertz CT molecular complexity index is 436. The normalized spacial score (nSPS) is 42.0. The largest absolute Gasteiger partial charge is 0.340 e. The van der Waals surface area contributed by atoms with Gasteiger partial charge in [0.15, 0.2) is 0 Å². The highest BCUT2D eigenvalue weighted by molar-refractivity contribution is 5.97. The second-order valence-electron chi connectivity index (χ2n) is 7.25. The van der Waals surface area contributed by atoms with Gasteiger partial charge in [0, 0.05) is 6.04 Å². The van der Waals surface area contributed by atoms with Gasteiger partial charge in [-0.2, -0.15) is 0 Å². The van der Waals surface area contributed by atoms with Crippen molar-refractivity contribution in [1.29, 1.82) is 0 Å². The smallest absolute Gasteiger partial charge is 0.248 e. The molecule has 20 heavy (non-hydrogen) atoms. The van der Waals surface area contributed by atoms with Crippen LogP contribution >= 0.6 is 0 Å². The first-order valence-electron chi connectivity index (χ1n) is 8.06. The van der Waals surface area contributed by atoms with Crippen LogP contribution in [0.2, 0.25) is 0 Å². The molecule has 1 heterocycles. The van der Waals surface area contributed by atoms with Gasteiger partial charge in [-0.15, -0.1) is 0 Å². The van der Waals surface area contributed by atoms with E-state index < -0.39 is 5.54 Å². The van der Waals surface area contributed by atoms with E-state index in [2.05, 4.69) is 12.2 Å². The molecule has 1 N–H and O–H groups in total. The molecule has 112 valence electrons. The molecule has 1 saturated heterocycles. The second-order valence-corrected chi connectivity index (χ2v) is 7.25. The Morgan fingerprint density at radius 3 is 2.65 bits per heavy atom. The molecule has 4 heteroatoms. The molecule has 3 aliphatic rings. The Kier molecular flexibility index (Phi) is 3.30. The molecule has 5 atom stereocenters. The van der Waals surface area contributed by atoms with E-state index in [0.717, 1.165) is 11.8 Å².